The van der Waals surface area contributed by atoms with E-state index in [9.17, 15) is 0 Å². The third kappa shape index (κ3) is 3.59. The van der Waals surface area contributed by atoms with Gasteiger partial charge in [0.1, 0.15) is 11.8 Å². The summed E-state index contributed by atoms with van der Waals surface area (Å²) in [4.78, 5) is 3.02. The molecular weight excluding hydrogens is 376 g/mol. The molecule has 1 saturated heterocycles. The number of nitrogens with one attached hydrogen (secondary N) is 1. The van der Waals surface area contributed by atoms with E-state index in [1.807, 2.05) is 40.3 Å². The zero-order valence-electron chi connectivity index (χ0n) is 15.7. The summed E-state index contributed by atoms with van der Waals surface area (Å²) in [5, 5.41) is 7.07. The number of quaternary nitrogens is 1. The van der Waals surface area contributed by atoms with Crippen LogP contribution in [0.1, 0.15) is 30.7 Å². The van der Waals surface area contributed by atoms with Crippen molar-refractivity contribution in [3.05, 3.63) is 51.4 Å². The van der Waals surface area contributed by atoms with E-state index < -0.39 is 0 Å². The fourth-order valence-electron chi connectivity index (χ4n) is 3.91. The lowest BCUT2D eigenvalue weighted by molar-refractivity contribution is -0.941. The van der Waals surface area contributed by atoms with Gasteiger partial charge in [-0.3, -0.25) is 0 Å². The Labute approximate surface area is 168 Å². The van der Waals surface area contributed by atoms with Crippen LogP contribution in [0.2, 0.25) is 0 Å². The van der Waals surface area contributed by atoms with Crippen LogP contribution in [0.25, 0.3) is 11.4 Å². The first-order chi connectivity index (χ1) is 13.2. The van der Waals surface area contributed by atoms with Gasteiger partial charge in [0.05, 0.1) is 18.5 Å². The monoisotopic (exact) mass is 401 g/mol. The molecule has 0 amide bonds. The Morgan fingerprint density at radius 1 is 1.30 bits per heavy atom. The minimum atomic E-state index is 0.558. The van der Waals surface area contributed by atoms with Gasteiger partial charge in [-0.2, -0.15) is 4.68 Å². The Morgan fingerprint density at radius 3 is 2.78 bits per heavy atom. The Hall–Kier alpha value is -1.96. The predicted molar refractivity (Wildman–Crippen MR) is 111 cm³/mol. The zero-order valence-corrected chi connectivity index (χ0v) is 17.4. The lowest BCUT2D eigenvalue weighted by Crippen LogP contribution is -3.09. The first-order valence-electron chi connectivity index (χ1n) is 9.41. The summed E-state index contributed by atoms with van der Waals surface area (Å²) in [5.41, 5.74) is 1.06. The number of aromatic nitrogens is 3. The molecule has 142 valence electrons. The Kier molecular flexibility index (Phi) is 5.43. The topological polar surface area (TPSA) is 36.4 Å². The molecule has 4 rings (SSSR count). The van der Waals surface area contributed by atoms with Crippen molar-refractivity contribution in [2.45, 2.75) is 39.0 Å². The Bertz CT molecular complexity index is 944. The lowest BCUT2D eigenvalue weighted by atomic mass is 10.2. The molecular formula is C20H25N4OS2+. The van der Waals surface area contributed by atoms with Crippen molar-refractivity contribution in [3.63, 3.8) is 0 Å². The number of rotatable bonds is 6. The molecule has 7 heteroatoms. The minimum absolute atomic E-state index is 0.558. The van der Waals surface area contributed by atoms with Gasteiger partial charge in [0.2, 0.25) is 4.77 Å². The van der Waals surface area contributed by atoms with Gasteiger partial charge in [-0.05, 0) is 54.9 Å². The highest BCUT2D eigenvalue weighted by molar-refractivity contribution is 7.71. The molecule has 3 heterocycles. The molecule has 1 N–H and O–H groups in total. The lowest BCUT2D eigenvalue weighted by Gasteiger charge is -2.20. The van der Waals surface area contributed by atoms with Crippen LogP contribution in [0.3, 0.4) is 0 Å². The fraction of sp³-hybridized carbons (Fsp3) is 0.400. The van der Waals surface area contributed by atoms with Crippen molar-refractivity contribution < 1.29 is 9.64 Å². The largest absolute Gasteiger partial charge is 0.497 e. The maximum atomic E-state index is 5.76. The summed E-state index contributed by atoms with van der Waals surface area (Å²) in [6.45, 7) is 4.91. The van der Waals surface area contributed by atoms with Crippen molar-refractivity contribution >= 4 is 23.6 Å². The molecule has 27 heavy (non-hydrogen) atoms. The van der Waals surface area contributed by atoms with Crippen LogP contribution >= 0.6 is 23.6 Å². The predicted octanol–water partition coefficient (Wildman–Crippen LogP) is 3.55. The van der Waals surface area contributed by atoms with Crippen molar-refractivity contribution in [2.24, 2.45) is 0 Å². The van der Waals surface area contributed by atoms with Gasteiger partial charge in [0, 0.05) is 24.9 Å². The Balaban J connectivity index is 1.63. The smallest absolute Gasteiger partial charge is 0.203 e. The maximum Gasteiger partial charge on any atom is 0.203 e. The molecule has 1 unspecified atom stereocenters. The summed E-state index contributed by atoms with van der Waals surface area (Å²) in [6, 6.07) is 13.0. The van der Waals surface area contributed by atoms with Crippen LogP contribution in [0.4, 0.5) is 0 Å². The van der Waals surface area contributed by atoms with E-state index in [2.05, 4.69) is 29.0 Å². The number of nitrogens with zero attached hydrogens (tertiary/aromatic N) is 3. The summed E-state index contributed by atoms with van der Waals surface area (Å²) in [6.07, 6.45) is 2.49. The highest BCUT2D eigenvalue weighted by Crippen LogP contribution is 2.24. The SMILES string of the molecule is CCn1c(-c2ccc(OC)cc2)nn(C[NH+]2CCC[C@@H]2c2cccs2)c1=S. The molecule has 5 nitrogen and oxygen atoms in total. The minimum Gasteiger partial charge on any atom is -0.497 e. The van der Waals surface area contributed by atoms with Crippen LogP contribution in [-0.2, 0) is 13.2 Å². The van der Waals surface area contributed by atoms with Crippen LogP contribution < -0.4 is 9.64 Å². The van der Waals surface area contributed by atoms with Crippen LogP contribution in [0.5, 0.6) is 5.75 Å². The highest BCUT2D eigenvalue weighted by atomic mass is 32.1. The number of methoxy groups -OCH3 is 1. The number of benzene rings is 1. The third-order valence-electron chi connectivity index (χ3n) is 5.31. The molecule has 3 aromatic rings. The number of hydrogen-bond donors (Lipinski definition) is 1. The van der Waals surface area contributed by atoms with Crippen molar-refractivity contribution in [1.29, 1.82) is 0 Å². The number of thiophene rings is 1. The van der Waals surface area contributed by atoms with Gasteiger partial charge < -0.3 is 14.2 Å². The second-order valence-corrected chi connectivity index (χ2v) is 8.20. The van der Waals surface area contributed by atoms with Crippen LogP contribution in [0.15, 0.2) is 41.8 Å². The van der Waals surface area contributed by atoms with Crippen LogP contribution in [0, 0.1) is 4.77 Å². The fourth-order valence-corrected chi connectivity index (χ4v) is 5.15. The Morgan fingerprint density at radius 2 is 2.11 bits per heavy atom. The van der Waals surface area contributed by atoms with Gasteiger partial charge in [-0.25, -0.2) is 0 Å². The highest BCUT2D eigenvalue weighted by Gasteiger charge is 2.31. The number of likely N-dealkylation sites (tertiary alicyclic amines) is 1. The van der Waals surface area contributed by atoms with Crippen molar-refractivity contribution in [3.8, 4) is 17.1 Å². The summed E-state index contributed by atoms with van der Waals surface area (Å²) < 4.78 is 10.2. The van der Waals surface area contributed by atoms with E-state index in [1.165, 1.54) is 24.3 Å². The first kappa shape index (κ1) is 18.4. The average Bonchev–Trinajstić information content (AvgIpc) is 3.43. The molecule has 0 aliphatic carbocycles. The molecule has 1 aromatic carbocycles. The van der Waals surface area contributed by atoms with Gasteiger partial charge in [0.15, 0.2) is 12.5 Å². The molecule has 1 aliphatic rings. The first-order valence-corrected chi connectivity index (χ1v) is 10.7. The third-order valence-corrected chi connectivity index (χ3v) is 6.73. The molecule has 0 bridgehead atoms. The van der Waals surface area contributed by atoms with Gasteiger partial charge in [-0.1, -0.05) is 6.07 Å². The summed E-state index contributed by atoms with van der Waals surface area (Å²) in [7, 11) is 1.68. The molecule has 0 radical (unpaired) electrons. The second kappa shape index (κ2) is 7.96. The molecule has 2 aromatic heterocycles. The van der Waals surface area contributed by atoms with E-state index in [0.717, 1.165) is 35.1 Å². The molecule has 2 atom stereocenters. The van der Waals surface area contributed by atoms with E-state index in [-0.39, 0.29) is 0 Å². The standard InChI is InChI=1S/C20H24N4OS2/c1-3-23-19(15-8-10-16(25-2)11-9-15)21-24(20(23)26)14-22-12-4-6-17(22)18-7-5-13-27-18/h5,7-11,13,17H,3-4,6,12,14H2,1-2H3/p+1/t17-/m1/s1. The number of ether oxygens (including phenoxy) is 1. The van der Waals surface area contributed by atoms with E-state index in [0.29, 0.717) is 6.04 Å². The van der Waals surface area contributed by atoms with Gasteiger partial charge in [-0.15, -0.1) is 16.4 Å². The average molecular weight is 402 g/mol. The second-order valence-electron chi connectivity index (χ2n) is 6.86. The molecule has 0 spiro atoms. The van der Waals surface area contributed by atoms with Crippen molar-refractivity contribution in [2.75, 3.05) is 13.7 Å². The van der Waals surface area contributed by atoms with Crippen LogP contribution in [-0.4, -0.2) is 28.0 Å². The van der Waals surface area contributed by atoms with Gasteiger partial charge >= 0.3 is 0 Å². The van der Waals surface area contributed by atoms with E-state index >= 15 is 0 Å². The van der Waals surface area contributed by atoms with Gasteiger partial charge in [0.25, 0.3) is 0 Å². The maximum absolute atomic E-state index is 5.76. The molecule has 1 aliphatic heterocycles. The zero-order chi connectivity index (χ0) is 18.8. The summed E-state index contributed by atoms with van der Waals surface area (Å²) in [5.74, 6) is 1.77. The quantitative estimate of drug-likeness (QED) is 0.642. The van der Waals surface area contributed by atoms with E-state index in [1.54, 1.807) is 12.0 Å². The normalized spacial score (nSPS) is 19.5. The number of hydrogen-bond acceptors (Lipinski definition) is 4. The molecule has 0 saturated carbocycles. The summed E-state index contributed by atoms with van der Waals surface area (Å²) >= 11 is 7.62. The van der Waals surface area contributed by atoms with Crippen molar-refractivity contribution in [1.82, 2.24) is 14.3 Å². The molecule has 1 fully saturated rings. The van der Waals surface area contributed by atoms with E-state index in [4.69, 9.17) is 22.1 Å².